The summed E-state index contributed by atoms with van der Waals surface area (Å²) in [5, 5.41) is 9.55. The molecular weight excluding hydrogens is 252 g/mol. The molecule has 104 valence electrons. The number of carbonyl (C=O) groups is 1. The summed E-state index contributed by atoms with van der Waals surface area (Å²) >= 11 is 0. The molecule has 1 aromatic carbocycles. The molecule has 0 spiro atoms. The van der Waals surface area contributed by atoms with E-state index in [2.05, 4.69) is 11.9 Å². The number of fused-ring (bicyclic) bond motifs is 1. The second-order valence-corrected chi connectivity index (χ2v) is 5.53. The summed E-state index contributed by atoms with van der Waals surface area (Å²) < 4.78 is 1.88. The van der Waals surface area contributed by atoms with Crippen molar-refractivity contribution in [3.05, 3.63) is 41.3 Å². The monoisotopic (exact) mass is 270 g/mol. The van der Waals surface area contributed by atoms with Gasteiger partial charge in [0.2, 0.25) is 0 Å². The Hall–Kier alpha value is -2.10. The second-order valence-electron chi connectivity index (χ2n) is 5.53. The van der Waals surface area contributed by atoms with E-state index >= 15 is 0 Å². The Morgan fingerprint density at radius 3 is 2.70 bits per heavy atom. The van der Waals surface area contributed by atoms with E-state index in [0.29, 0.717) is 17.3 Å². The number of carboxylic acid groups (broad SMARTS) is 1. The minimum Gasteiger partial charge on any atom is -0.477 e. The molecular formula is C16H18N2O2. The van der Waals surface area contributed by atoms with Gasteiger partial charge in [0.05, 0.1) is 0 Å². The minimum atomic E-state index is -0.895. The van der Waals surface area contributed by atoms with Gasteiger partial charge in [-0.2, -0.15) is 0 Å². The van der Waals surface area contributed by atoms with Crippen molar-refractivity contribution in [2.24, 2.45) is 0 Å². The normalized spacial score (nSPS) is 17.8. The number of benzene rings is 1. The first-order valence-electron chi connectivity index (χ1n) is 6.98. The molecule has 2 heterocycles. The number of aryl methyl sites for hydroxylation is 1. The van der Waals surface area contributed by atoms with E-state index in [0.717, 1.165) is 36.3 Å². The molecule has 0 aliphatic carbocycles. The van der Waals surface area contributed by atoms with Gasteiger partial charge in [-0.25, -0.2) is 9.78 Å². The van der Waals surface area contributed by atoms with Crippen LogP contribution < -0.4 is 0 Å². The van der Waals surface area contributed by atoms with Crippen molar-refractivity contribution in [3.8, 4) is 11.3 Å². The summed E-state index contributed by atoms with van der Waals surface area (Å²) in [7, 11) is 0. The third-order valence-electron chi connectivity index (χ3n) is 3.98. The number of imidazole rings is 1. The fourth-order valence-corrected chi connectivity index (χ4v) is 2.89. The summed E-state index contributed by atoms with van der Waals surface area (Å²) in [6.07, 6.45) is 2.08. The highest BCUT2D eigenvalue weighted by molar-refractivity contribution is 5.93. The molecule has 1 aromatic heterocycles. The molecule has 4 heteroatoms. The molecule has 0 radical (unpaired) electrons. The zero-order valence-electron chi connectivity index (χ0n) is 11.8. The predicted octanol–water partition coefficient (Wildman–Crippen LogP) is 3.45. The van der Waals surface area contributed by atoms with Crippen LogP contribution >= 0.6 is 0 Å². The molecule has 1 atom stereocenters. The Morgan fingerprint density at radius 1 is 1.35 bits per heavy atom. The molecule has 0 saturated carbocycles. The number of nitrogens with zero attached hydrogens (tertiary/aromatic N) is 2. The van der Waals surface area contributed by atoms with E-state index in [9.17, 15) is 9.90 Å². The molecule has 2 aromatic rings. The molecule has 0 fully saturated rings. The van der Waals surface area contributed by atoms with Gasteiger partial charge >= 0.3 is 5.97 Å². The van der Waals surface area contributed by atoms with Gasteiger partial charge in [-0.1, -0.05) is 36.8 Å². The summed E-state index contributed by atoms with van der Waals surface area (Å²) in [4.78, 5) is 16.3. The molecule has 1 aliphatic heterocycles. The van der Waals surface area contributed by atoms with Crippen LogP contribution in [0.1, 0.15) is 47.6 Å². The van der Waals surface area contributed by atoms with E-state index in [-0.39, 0.29) is 0 Å². The first kappa shape index (κ1) is 12.9. The van der Waals surface area contributed by atoms with Crippen LogP contribution in [0.15, 0.2) is 24.3 Å². The Kier molecular flexibility index (Phi) is 3.08. The lowest BCUT2D eigenvalue weighted by molar-refractivity contribution is 0.0684. The smallest absolute Gasteiger partial charge is 0.354 e. The first-order chi connectivity index (χ1) is 9.58. The molecule has 0 amide bonds. The van der Waals surface area contributed by atoms with Crippen LogP contribution in [0.5, 0.6) is 0 Å². The standard InChI is InChI=1S/C16H18N2O2/c1-10-5-7-12(8-6-10)13-14(16(19)20)18-9-3-4-11(2)15(18)17-13/h5-8,11H,3-4,9H2,1-2H3,(H,19,20). The lowest BCUT2D eigenvalue weighted by Crippen LogP contribution is -2.18. The van der Waals surface area contributed by atoms with Crippen molar-refractivity contribution in [1.82, 2.24) is 9.55 Å². The molecule has 20 heavy (non-hydrogen) atoms. The summed E-state index contributed by atoms with van der Waals surface area (Å²) in [5.41, 5.74) is 2.96. The Balaban J connectivity index is 2.20. The topological polar surface area (TPSA) is 55.1 Å². The van der Waals surface area contributed by atoms with Crippen LogP contribution in [-0.4, -0.2) is 20.6 Å². The minimum absolute atomic E-state index is 0.320. The summed E-state index contributed by atoms with van der Waals surface area (Å²) in [6, 6.07) is 7.87. The van der Waals surface area contributed by atoms with Crippen LogP contribution in [0.4, 0.5) is 0 Å². The van der Waals surface area contributed by atoms with Gasteiger partial charge in [0.15, 0.2) is 5.69 Å². The highest BCUT2D eigenvalue weighted by Crippen LogP contribution is 2.33. The molecule has 1 aliphatic rings. The van der Waals surface area contributed by atoms with Crippen LogP contribution in [0, 0.1) is 6.92 Å². The number of hydrogen-bond acceptors (Lipinski definition) is 2. The number of hydrogen-bond donors (Lipinski definition) is 1. The lowest BCUT2D eigenvalue weighted by Gasteiger charge is -2.20. The SMILES string of the molecule is Cc1ccc(-c2nc3n(c2C(=O)O)CCCC3C)cc1. The molecule has 1 N–H and O–H groups in total. The quantitative estimate of drug-likeness (QED) is 0.909. The largest absolute Gasteiger partial charge is 0.477 e. The fourth-order valence-electron chi connectivity index (χ4n) is 2.89. The average molecular weight is 270 g/mol. The average Bonchev–Trinajstić information content (AvgIpc) is 2.80. The van der Waals surface area contributed by atoms with E-state index in [4.69, 9.17) is 0 Å². The summed E-state index contributed by atoms with van der Waals surface area (Å²) in [5.74, 6) is 0.332. The Morgan fingerprint density at radius 2 is 2.05 bits per heavy atom. The molecule has 1 unspecified atom stereocenters. The van der Waals surface area contributed by atoms with Crippen molar-refractivity contribution in [3.63, 3.8) is 0 Å². The molecule has 3 rings (SSSR count). The van der Waals surface area contributed by atoms with Gasteiger partial charge in [0.25, 0.3) is 0 Å². The van der Waals surface area contributed by atoms with Gasteiger partial charge in [0.1, 0.15) is 11.5 Å². The summed E-state index contributed by atoms with van der Waals surface area (Å²) in [6.45, 7) is 4.88. The maximum Gasteiger partial charge on any atom is 0.354 e. The second kappa shape index (κ2) is 4.78. The van der Waals surface area contributed by atoms with Gasteiger partial charge in [-0.15, -0.1) is 0 Å². The van der Waals surface area contributed by atoms with Gasteiger partial charge in [-0.05, 0) is 19.8 Å². The first-order valence-corrected chi connectivity index (χ1v) is 6.98. The van der Waals surface area contributed by atoms with E-state index in [1.54, 1.807) is 0 Å². The third kappa shape index (κ3) is 2.01. The Labute approximate surface area is 118 Å². The molecule has 4 nitrogen and oxygen atoms in total. The van der Waals surface area contributed by atoms with Gasteiger partial charge < -0.3 is 9.67 Å². The maximum atomic E-state index is 11.6. The van der Waals surface area contributed by atoms with Gasteiger partial charge in [0, 0.05) is 18.0 Å². The van der Waals surface area contributed by atoms with Gasteiger partial charge in [-0.3, -0.25) is 0 Å². The van der Waals surface area contributed by atoms with Crippen molar-refractivity contribution < 1.29 is 9.90 Å². The number of rotatable bonds is 2. The van der Waals surface area contributed by atoms with Crippen molar-refractivity contribution in [2.45, 2.75) is 39.2 Å². The molecule has 0 bridgehead atoms. The third-order valence-corrected chi connectivity index (χ3v) is 3.98. The van der Waals surface area contributed by atoms with Crippen LogP contribution in [-0.2, 0) is 6.54 Å². The van der Waals surface area contributed by atoms with E-state index < -0.39 is 5.97 Å². The van der Waals surface area contributed by atoms with E-state index in [1.165, 1.54) is 0 Å². The number of aromatic carboxylic acids is 1. The van der Waals surface area contributed by atoms with Crippen molar-refractivity contribution in [1.29, 1.82) is 0 Å². The van der Waals surface area contributed by atoms with Crippen LogP contribution in [0.3, 0.4) is 0 Å². The Bertz CT molecular complexity index is 656. The fraction of sp³-hybridized carbons (Fsp3) is 0.375. The predicted molar refractivity (Wildman–Crippen MR) is 77.0 cm³/mol. The number of carboxylic acids is 1. The van der Waals surface area contributed by atoms with E-state index in [1.807, 2.05) is 35.8 Å². The maximum absolute atomic E-state index is 11.6. The molecule has 0 saturated heterocycles. The zero-order chi connectivity index (χ0) is 14.3. The highest BCUT2D eigenvalue weighted by atomic mass is 16.4. The van der Waals surface area contributed by atoms with Crippen LogP contribution in [0.25, 0.3) is 11.3 Å². The van der Waals surface area contributed by atoms with Crippen molar-refractivity contribution >= 4 is 5.97 Å². The van der Waals surface area contributed by atoms with Crippen LogP contribution in [0.2, 0.25) is 0 Å². The zero-order valence-corrected chi connectivity index (χ0v) is 11.8. The lowest BCUT2D eigenvalue weighted by atomic mass is 10.0. The highest BCUT2D eigenvalue weighted by Gasteiger charge is 2.28. The number of aromatic nitrogens is 2. The van der Waals surface area contributed by atoms with Crippen molar-refractivity contribution in [2.75, 3.05) is 0 Å².